The highest BCUT2D eigenvalue weighted by atomic mass is 19.2. The zero-order valence-electron chi connectivity index (χ0n) is 24.1. The molecule has 0 saturated heterocycles. The number of halogens is 4. The number of para-hydroxylation sites is 3. The fraction of sp³-hybridized carbons (Fsp3) is 0.105. The number of nitrogens with zero attached hydrogens (tertiary/aromatic N) is 2. The maximum atomic E-state index is 15.8. The summed E-state index contributed by atoms with van der Waals surface area (Å²) in [6, 6.07) is 27.5. The van der Waals surface area contributed by atoms with E-state index in [1.165, 1.54) is 5.56 Å². The molecule has 2 aromatic heterocycles. The van der Waals surface area contributed by atoms with Crippen LogP contribution >= 0.6 is 0 Å². The summed E-state index contributed by atoms with van der Waals surface area (Å²) < 4.78 is 65.0. The molecule has 0 atom stereocenters. The summed E-state index contributed by atoms with van der Waals surface area (Å²) in [6.07, 6.45) is 6.16. The Labute approximate surface area is 251 Å². The van der Waals surface area contributed by atoms with Crippen molar-refractivity contribution < 1.29 is 17.6 Å². The van der Waals surface area contributed by atoms with Crippen molar-refractivity contribution in [2.75, 3.05) is 0 Å². The lowest BCUT2D eigenvalue weighted by atomic mass is 9.96. The molecule has 0 N–H and O–H groups in total. The second kappa shape index (κ2) is 9.71. The third-order valence-corrected chi connectivity index (χ3v) is 8.97. The first-order chi connectivity index (χ1) is 21.4. The monoisotopic (exact) mass is 586 g/mol. The molecule has 44 heavy (non-hydrogen) atoms. The van der Waals surface area contributed by atoms with Gasteiger partial charge in [0.05, 0.1) is 27.8 Å². The maximum Gasteiger partial charge on any atom is 0.195 e. The van der Waals surface area contributed by atoms with Crippen LogP contribution in [-0.4, -0.2) is 9.13 Å². The predicted molar refractivity (Wildman–Crippen MR) is 170 cm³/mol. The highest BCUT2D eigenvalue weighted by molar-refractivity contribution is 6.19. The van der Waals surface area contributed by atoms with Crippen molar-refractivity contribution in [2.24, 2.45) is 0 Å². The van der Waals surface area contributed by atoms with Gasteiger partial charge in [-0.15, -0.1) is 0 Å². The summed E-state index contributed by atoms with van der Waals surface area (Å²) in [5.74, 6) is -5.87. The molecule has 0 bridgehead atoms. The summed E-state index contributed by atoms with van der Waals surface area (Å²) in [4.78, 5) is 0. The van der Waals surface area contributed by atoms with Crippen LogP contribution in [0, 0.1) is 37.1 Å². The minimum absolute atomic E-state index is 0.143. The number of fused-ring (bicyclic) bond motifs is 7. The molecule has 0 fully saturated rings. The molecular formula is C38H26F4N2. The van der Waals surface area contributed by atoms with Crippen molar-refractivity contribution in [1.29, 1.82) is 0 Å². The second-order valence-corrected chi connectivity index (χ2v) is 11.4. The summed E-state index contributed by atoms with van der Waals surface area (Å²) in [5.41, 5.74) is 6.23. The third-order valence-electron chi connectivity index (χ3n) is 8.97. The number of hydrogen-bond acceptors (Lipinski definition) is 0. The number of benzene rings is 5. The molecule has 2 nitrogen and oxygen atoms in total. The number of aryl methyl sites for hydroxylation is 2. The zero-order chi connectivity index (χ0) is 30.3. The van der Waals surface area contributed by atoms with Gasteiger partial charge >= 0.3 is 0 Å². The Hall–Kier alpha value is -5.10. The maximum absolute atomic E-state index is 15.8. The van der Waals surface area contributed by atoms with Crippen LogP contribution in [0.1, 0.15) is 28.8 Å². The van der Waals surface area contributed by atoms with Crippen LogP contribution in [0.15, 0.2) is 91.0 Å². The lowest BCUT2D eigenvalue weighted by Gasteiger charge is -2.19. The largest absolute Gasteiger partial charge is 0.308 e. The van der Waals surface area contributed by atoms with Crippen LogP contribution in [0.5, 0.6) is 0 Å². The van der Waals surface area contributed by atoms with Gasteiger partial charge in [0.1, 0.15) is 5.82 Å². The normalized spacial score (nSPS) is 13.0. The number of aromatic nitrogens is 2. The van der Waals surface area contributed by atoms with Gasteiger partial charge in [0.15, 0.2) is 17.5 Å². The molecule has 7 aromatic rings. The van der Waals surface area contributed by atoms with Crippen LogP contribution in [-0.2, 0) is 6.42 Å². The van der Waals surface area contributed by atoms with Crippen molar-refractivity contribution in [1.82, 2.24) is 9.13 Å². The summed E-state index contributed by atoms with van der Waals surface area (Å²) >= 11 is 0. The van der Waals surface area contributed by atoms with E-state index in [1.54, 1.807) is 12.1 Å². The summed E-state index contributed by atoms with van der Waals surface area (Å²) in [6.45, 7) is 2.99. The van der Waals surface area contributed by atoms with Crippen LogP contribution in [0.2, 0.25) is 0 Å². The van der Waals surface area contributed by atoms with Crippen LogP contribution < -0.4 is 0 Å². The number of allylic oxidation sites excluding steroid dienone is 1. The van der Waals surface area contributed by atoms with Gasteiger partial charge in [-0.2, -0.15) is 0 Å². The summed E-state index contributed by atoms with van der Waals surface area (Å²) in [5, 5.41) is 3.04. The molecule has 1 aliphatic rings. The minimum atomic E-state index is -1.69. The van der Waals surface area contributed by atoms with E-state index < -0.39 is 34.4 Å². The van der Waals surface area contributed by atoms with E-state index in [4.69, 9.17) is 0 Å². The van der Waals surface area contributed by atoms with Gasteiger partial charge < -0.3 is 9.13 Å². The van der Waals surface area contributed by atoms with Gasteiger partial charge in [-0.3, -0.25) is 0 Å². The molecule has 0 aliphatic heterocycles. The fourth-order valence-electron chi connectivity index (χ4n) is 6.99. The van der Waals surface area contributed by atoms with Gasteiger partial charge in [0, 0.05) is 38.7 Å². The molecule has 2 heterocycles. The topological polar surface area (TPSA) is 9.86 Å². The molecule has 6 heteroatoms. The molecule has 0 radical (unpaired) electrons. The van der Waals surface area contributed by atoms with Crippen LogP contribution in [0.25, 0.3) is 61.3 Å². The van der Waals surface area contributed by atoms with Crippen LogP contribution in [0.3, 0.4) is 0 Å². The van der Waals surface area contributed by atoms with Crippen molar-refractivity contribution in [2.45, 2.75) is 26.7 Å². The highest BCUT2D eigenvalue weighted by Gasteiger charge is 2.29. The van der Waals surface area contributed by atoms with E-state index in [0.29, 0.717) is 5.69 Å². The standard InChI is InChI=1S/C38H26F4N2/c1-21-11-10-16-28(31-32(39)22(2)33(40)35(42)34(31)41)36(21)44-30-18-9-7-15-25(30)27-20-19-26-24-14-6-8-17-29(24)43(37(26)38(27)44)23-12-4-3-5-13-23/h3-5,7-13,15-20H,6,14H2,1-2H3. The van der Waals surface area contributed by atoms with E-state index >= 15 is 8.78 Å². The van der Waals surface area contributed by atoms with Crippen molar-refractivity contribution in [3.05, 3.63) is 137 Å². The Bertz CT molecular complexity index is 2310. The van der Waals surface area contributed by atoms with Crippen molar-refractivity contribution in [3.63, 3.8) is 0 Å². The van der Waals surface area contributed by atoms with Gasteiger partial charge in [0.2, 0.25) is 0 Å². The molecule has 5 aromatic carbocycles. The van der Waals surface area contributed by atoms with Gasteiger partial charge in [-0.05, 0) is 62.1 Å². The molecule has 0 saturated carbocycles. The average molecular weight is 587 g/mol. The average Bonchev–Trinajstić information content (AvgIpc) is 3.56. The first-order valence-corrected chi connectivity index (χ1v) is 14.6. The fourth-order valence-corrected chi connectivity index (χ4v) is 6.99. The Morgan fingerprint density at radius 1 is 0.614 bits per heavy atom. The third kappa shape index (κ3) is 3.54. The number of rotatable bonds is 3. The van der Waals surface area contributed by atoms with E-state index in [2.05, 4.69) is 41.0 Å². The zero-order valence-corrected chi connectivity index (χ0v) is 24.1. The molecular weight excluding hydrogens is 560 g/mol. The Balaban J connectivity index is 1.61. The predicted octanol–water partition coefficient (Wildman–Crippen LogP) is 10.5. The highest BCUT2D eigenvalue weighted by Crippen LogP contribution is 2.45. The van der Waals surface area contributed by atoms with E-state index in [9.17, 15) is 8.78 Å². The summed E-state index contributed by atoms with van der Waals surface area (Å²) in [7, 11) is 0. The van der Waals surface area contributed by atoms with E-state index in [0.717, 1.165) is 69.4 Å². The molecule has 216 valence electrons. The lowest BCUT2D eigenvalue weighted by molar-refractivity contribution is 0.431. The molecule has 0 amide bonds. The van der Waals surface area contributed by atoms with Gasteiger partial charge in [-0.25, -0.2) is 17.6 Å². The Kier molecular flexibility index (Phi) is 5.85. The van der Waals surface area contributed by atoms with Crippen molar-refractivity contribution in [3.8, 4) is 22.5 Å². The smallest absolute Gasteiger partial charge is 0.195 e. The van der Waals surface area contributed by atoms with Gasteiger partial charge in [-0.1, -0.05) is 72.8 Å². The Morgan fingerprint density at radius 3 is 2.16 bits per heavy atom. The lowest BCUT2D eigenvalue weighted by Crippen LogP contribution is -2.07. The number of hydrogen-bond donors (Lipinski definition) is 0. The van der Waals surface area contributed by atoms with Crippen LogP contribution in [0.4, 0.5) is 17.6 Å². The first-order valence-electron chi connectivity index (χ1n) is 14.6. The quantitative estimate of drug-likeness (QED) is 0.111. The molecule has 0 spiro atoms. The van der Waals surface area contributed by atoms with E-state index in [-0.39, 0.29) is 5.56 Å². The minimum Gasteiger partial charge on any atom is -0.308 e. The van der Waals surface area contributed by atoms with Crippen molar-refractivity contribution >= 4 is 38.8 Å². The molecule has 1 aliphatic carbocycles. The second-order valence-electron chi connectivity index (χ2n) is 11.4. The van der Waals surface area contributed by atoms with E-state index in [1.807, 2.05) is 60.0 Å². The SMILES string of the molecule is Cc1cccc(-c2c(F)c(C)c(F)c(F)c2F)c1-n1c2ccccc2c2ccc3c4c(n(-c5ccccc5)c3c21)C=CCC4. The molecule has 8 rings (SSSR count). The van der Waals surface area contributed by atoms with Gasteiger partial charge in [0.25, 0.3) is 0 Å². The Morgan fingerprint density at radius 2 is 1.34 bits per heavy atom. The first kappa shape index (κ1) is 26.5. The molecule has 0 unspecified atom stereocenters.